The topological polar surface area (TPSA) is 25.2 Å². The van der Waals surface area contributed by atoms with Gasteiger partial charge in [-0.25, -0.2) is 0 Å². The molecule has 0 spiro atoms. The van der Waals surface area contributed by atoms with Crippen molar-refractivity contribution in [1.29, 1.82) is 0 Å². The maximum Gasteiger partial charge on any atom is 0.199 e. The van der Waals surface area contributed by atoms with Crippen LogP contribution in [0, 0.1) is 0 Å². The molecular formula is C13H16ClNOS. The smallest absolute Gasteiger partial charge is 0.199 e. The molecule has 0 saturated heterocycles. The van der Waals surface area contributed by atoms with E-state index in [1.54, 1.807) is 0 Å². The van der Waals surface area contributed by atoms with E-state index in [4.69, 9.17) is 16.0 Å². The number of hydrogen-bond donors (Lipinski definition) is 1. The third kappa shape index (κ3) is 2.97. The van der Waals surface area contributed by atoms with Gasteiger partial charge in [0, 0.05) is 29.3 Å². The van der Waals surface area contributed by atoms with Crippen molar-refractivity contribution in [2.24, 2.45) is 0 Å². The molecule has 4 heteroatoms. The number of furan rings is 1. The molecule has 1 unspecified atom stereocenters. The number of hydrogen-bond acceptors (Lipinski definition) is 3. The van der Waals surface area contributed by atoms with Crippen LogP contribution in [-0.2, 0) is 6.54 Å². The summed E-state index contributed by atoms with van der Waals surface area (Å²) in [6.45, 7) is 3.92. The van der Waals surface area contributed by atoms with Crippen LogP contribution in [0.4, 0.5) is 0 Å². The Morgan fingerprint density at radius 2 is 2.18 bits per heavy atom. The summed E-state index contributed by atoms with van der Waals surface area (Å²) in [6.07, 6.45) is 2.12. The number of thioether (sulfide) groups is 1. The predicted molar refractivity (Wildman–Crippen MR) is 75.9 cm³/mol. The average molecular weight is 270 g/mol. The van der Waals surface area contributed by atoms with Crippen molar-refractivity contribution in [3.63, 3.8) is 0 Å². The fourth-order valence-corrected chi connectivity index (χ4v) is 2.25. The van der Waals surface area contributed by atoms with Crippen LogP contribution >= 0.6 is 23.4 Å². The molecule has 0 amide bonds. The second-order valence-electron chi connectivity index (χ2n) is 4.03. The molecule has 1 N–H and O–H groups in total. The molecule has 0 fully saturated rings. The van der Waals surface area contributed by atoms with Gasteiger partial charge < -0.3 is 9.73 Å². The second-order valence-corrected chi connectivity index (χ2v) is 5.65. The van der Waals surface area contributed by atoms with Crippen molar-refractivity contribution < 1.29 is 4.42 Å². The molecule has 0 saturated carbocycles. The molecule has 1 heterocycles. The lowest BCUT2D eigenvalue weighted by Gasteiger charge is -2.09. The lowest BCUT2D eigenvalue weighted by Crippen LogP contribution is -2.22. The third-order valence-electron chi connectivity index (χ3n) is 2.78. The Hall–Kier alpha value is -0.640. The predicted octanol–water partition coefficient (Wildman–Crippen LogP) is 3.93. The highest BCUT2D eigenvalue weighted by atomic mass is 35.5. The first-order chi connectivity index (χ1) is 8.22. The Morgan fingerprint density at radius 1 is 1.41 bits per heavy atom. The lowest BCUT2D eigenvalue weighted by molar-refractivity contribution is 0.604. The third-order valence-corrected chi connectivity index (χ3v) is 4.06. The van der Waals surface area contributed by atoms with Gasteiger partial charge in [-0.15, -0.1) is 0 Å². The van der Waals surface area contributed by atoms with Crippen molar-refractivity contribution in [2.45, 2.75) is 18.7 Å². The molecule has 1 aromatic heterocycles. The first-order valence-corrected chi connectivity index (χ1v) is 7.28. The lowest BCUT2D eigenvalue weighted by atomic mass is 10.2. The highest BCUT2D eigenvalue weighted by molar-refractivity contribution is 7.99. The molecule has 0 aliphatic carbocycles. The molecule has 2 aromatic rings. The summed E-state index contributed by atoms with van der Waals surface area (Å²) >= 11 is 7.96. The van der Waals surface area contributed by atoms with Crippen LogP contribution in [0.1, 0.15) is 12.5 Å². The maximum atomic E-state index is 6.10. The van der Waals surface area contributed by atoms with Gasteiger partial charge in [0.25, 0.3) is 0 Å². The summed E-state index contributed by atoms with van der Waals surface area (Å²) in [5, 5.41) is 5.60. The molecule has 1 atom stereocenters. The van der Waals surface area contributed by atoms with Crippen molar-refractivity contribution in [2.75, 3.05) is 12.8 Å². The molecule has 0 aliphatic heterocycles. The number of para-hydroxylation sites is 1. The van der Waals surface area contributed by atoms with Gasteiger partial charge >= 0.3 is 0 Å². The molecular weight excluding hydrogens is 254 g/mol. The van der Waals surface area contributed by atoms with E-state index < -0.39 is 0 Å². The zero-order valence-electron chi connectivity index (χ0n) is 10.00. The summed E-state index contributed by atoms with van der Waals surface area (Å²) in [7, 11) is 0. The van der Waals surface area contributed by atoms with Gasteiger partial charge in [0.1, 0.15) is 5.58 Å². The summed E-state index contributed by atoms with van der Waals surface area (Å²) in [5.74, 6) is 0. The fourth-order valence-electron chi connectivity index (χ4n) is 1.72. The van der Waals surface area contributed by atoms with E-state index in [1.165, 1.54) is 0 Å². The first kappa shape index (κ1) is 12.8. The first-order valence-electron chi connectivity index (χ1n) is 5.61. The van der Waals surface area contributed by atoms with E-state index in [1.807, 2.05) is 36.0 Å². The number of benzene rings is 1. The van der Waals surface area contributed by atoms with Crippen LogP contribution in [-0.4, -0.2) is 18.1 Å². The van der Waals surface area contributed by atoms with Crippen LogP contribution in [0.2, 0.25) is 5.22 Å². The zero-order valence-corrected chi connectivity index (χ0v) is 11.6. The van der Waals surface area contributed by atoms with Gasteiger partial charge in [-0.1, -0.05) is 25.1 Å². The fraction of sp³-hybridized carbons (Fsp3) is 0.385. The summed E-state index contributed by atoms with van der Waals surface area (Å²) in [6, 6.07) is 7.94. The van der Waals surface area contributed by atoms with Crippen LogP contribution < -0.4 is 5.32 Å². The quantitative estimate of drug-likeness (QED) is 0.890. The number of halogens is 1. The second kappa shape index (κ2) is 5.80. The number of rotatable bonds is 5. The SMILES string of the molecule is CSC(C)CNCc1c(Cl)oc2ccccc12. The Balaban J connectivity index is 2.10. The van der Waals surface area contributed by atoms with Crippen molar-refractivity contribution in [1.82, 2.24) is 5.32 Å². The van der Waals surface area contributed by atoms with Gasteiger partial charge in [0.15, 0.2) is 5.22 Å². The van der Waals surface area contributed by atoms with E-state index in [2.05, 4.69) is 18.5 Å². The minimum atomic E-state index is 0.496. The van der Waals surface area contributed by atoms with Crippen molar-refractivity contribution in [3.05, 3.63) is 35.0 Å². The average Bonchev–Trinajstić information content (AvgIpc) is 2.66. The highest BCUT2D eigenvalue weighted by Gasteiger charge is 2.11. The van der Waals surface area contributed by atoms with E-state index in [0.717, 1.165) is 29.6 Å². The van der Waals surface area contributed by atoms with Crippen molar-refractivity contribution in [3.8, 4) is 0 Å². The Bertz CT molecular complexity index is 497. The van der Waals surface area contributed by atoms with Gasteiger partial charge in [-0.3, -0.25) is 0 Å². The minimum absolute atomic E-state index is 0.496. The molecule has 1 aromatic carbocycles. The molecule has 2 rings (SSSR count). The Labute approximate surface area is 111 Å². The van der Waals surface area contributed by atoms with E-state index in [-0.39, 0.29) is 0 Å². The van der Waals surface area contributed by atoms with Crippen LogP contribution in [0.15, 0.2) is 28.7 Å². The van der Waals surface area contributed by atoms with Crippen LogP contribution in [0.5, 0.6) is 0 Å². The molecule has 2 nitrogen and oxygen atoms in total. The van der Waals surface area contributed by atoms with Gasteiger partial charge in [0.2, 0.25) is 0 Å². The monoisotopic (exact) mass is 269 g/mol. The van der Waals surface area contributed by atoms with E-state index >= 15 is 0 Å². The van der Waals surface area contributed by atoms with Crippen molar-refractivity contribution >= 4 is 34.3 Å². The highest BCUT2D eigenvalue weighted by Crippen LogP contribution is 2.29. The standard InChI is InChI=1S/C13H16ClNOS/c1-9(17-2)7-15-8-11-10-5-3-4-6-12(10)16-13(11)14/h3-6,9,15H,7-8H2,1-2H3. The summed E-state index contributed by atoms with van der Waals surface area (Å²) < 4.78 is 5.50. The maximum absolute atomic E-state index is 6.10. The molecule has 92 valence electrons. The normalized spacial score (nSPS) is 13.1. The zero-order chi connectivity index (χ0) is 12.3. The summed E-state index contributed by atoms with van der Waals surface area (Å²) in [5.41, 5.74) is 1.91. The van der Waals surface area contributed by atoms with Gasteiger partial charge in [-0.2, -0.15) is 11.8 Å². The molecule has 0 radical (unpaired) electrons. The number of fused-ring (bicyclic) bond motifs is 1. The Morgan fingerprint density at radius 3 is 2.94 bits per heavy atom. The van der Waals surface area contributed by atoms with E-state index in [0.29, 0.717) is 10.5 Å². The van der Waals surface area contributed by atoms with Gasteiger partial charge in [0.05, 0.1) is 0 Å². The molecule has 0 bridgehead atoms. The van der Waals surface area contributed by atoms with Crippen LogP contribution in [0.3, 0.4) is 0 Å². The van der Waals surface area contributed by atoms with E-state index in [9.17, 15) is 0 Å². The van der Waals surface area contributed by atoms with Gasteiger partial charge in [-0.05, 0) is 23.9 Å². The number of nitrogens with one attached hydrogen (secondary N) is 1. The summed E-state index contributed by atoms with van der Waals surface area (Å²) in [4.78, 5) is 0. The Kier molecular flexibility index (Phi) is 4.37. The van der Waals surface area contributed by atoms with Crippen LogP contribution in [0.25, 0.3) is 11.0 Å². The molecule has 17 heavy (non-hydrogen) atoms. The largest absolute Gasteiger partial charge is 0.444 e. The minimum Gasteiger partial charge on any atom is -0.444 e. The molecule has 0 aliphatic rings.